The number of ether oxygens (including phenoxy) is 1. The highest BCUT2D eigenvalue weighted by Gasteiger charge is 2.26. The van der Waals surface area contributed by atoms with Gasteiger partial charge in [-0.3, -0.25) is 11.3 Å². The molecular formula is C12H16BrClN2O. The van der Waals surface area contributed by atoms with Gasteiger partial charge in [-0.1, -0.05) is 27.5 Å². The van der Waals surface area contributed by atoms with Gasteiger partial charge in [0.1, 0.15) is 0 Å². The van der Waals surface area contributed by atoms with Crippen molar-refractivity contribution >= 4 is 27.5 Å². The Kier molecular flexibility index (Phi) is 4.82. The molecule has 0 saturated carbocycles. The molecule has 94 valence electrons. The molecule has 1 saturated heterocycles. The molecule has 1 aromatic rings. The van der Waals surface area contributed by atoms with Gasteiger partial charge in [0.25, 0.3) is 0 Å². The maximum Gasteiger partial charge on any atom is 0.0501 e. The Bertz CT molecular complexity index is 383. The smallest absolute Gasteiger partial charge is 0.0501 e. The zero-order valence-electron chi connectivity index (χ0n) is 9.46. The van der Waals surface area contributed by atoms with Crippen molar-refractivity contribution in [2.24, 2.45) is 11.8 Å². The van der Waals surface area contributed by atoms with Crippen LogP contribution in [0.3, 0.4) is 0 Å². The summed E-state index contributed by atoms with van der Waals surface area (Å²) in [7, 11) is 0. The van der Waals surface area contributed by atoms with Gasteiger partial charge in [0.05, 0.1) is 6.04 Å². The lowest BCUT2D eigenvalue weighted by Crippen LogP contribution is -2.36. The van der Waals surface area contributed by atoms with Crippen LogP contribution in [0.15, 0.2) is 22.7 Å². The molecule has 2 rings (SSSR count). The number of nitrogens with two attached hydrogens (primary N) is 1. The molecule has 1 aromatic carbocycles. The van der Waals surface area contributed by atoms with E-state index >= 15 is 0 Å². The summed E-state index contributed by atoms with van der Waals surface area (Å²) < 4.78 is 6.42. The lowest BCUT2D eigenvalue weighted by molar-refractivity contribution is 0.0535. The SMILES string of the molecule is NNC(c1cc(Cl)ccc1Br)C1CCOCC1. The van der Waals surface area contributed by atoms with Crippen LogP contribution in [-0.2, 0) is 4.74 Å². The van der Waals surface area contributed by atoms with Crippen molar-refractivity contribution in [3.63, 3.8) is 0 Å². The lowest BCUT2D eigenvalue weighted by Gasteiger charge is -2.30. The van der Waals surface area contributed by atoms with Gasteiger partial charge in [-0.25, -0.2) is 0 Å². The topological polar surface area (TPSA) is 47.3 Å². The largest absolute Gasteiger partial charge is 0.381 e. The predicted molar refractivity (Wildman–Crippen MR) is 72.8 cm³/mol. The molecule has 5 heteroatoms. The van der Waals surface area contributed by atoms with Gasteiger partial charge >= 0.3 is 0 Å². The molecule has 3 N–H and O–H groups in total. The molecule has 1 aliphatic heterocycles. The van der Waals surface area contributed by atoms with Crippen molar-refractivity contribution in [3.05, 3.63) is 33.3 Å². The van der Waals surface area contributed by atoms with Crippen LogP contribution in [0, 0.1) is 5.92 Å². The van der Waals surface area contributed by atoms with Crippen molar-refractivity contribution < 1.29 is 4.74 Å². The number of halogens is 2. The molecular weight excluding hydrogens is 304 g/mol. The first-order chi connectivity index (χ1) is 8.22. The zero-order chi connectivity index (χ0) is 12.3. The monoisotopic (exact) mass is 318 g/mol. The van der Waals surface area contributed by atoms with E-state index in [1.54, 1.807) is 0 Å². The first-order valence-electron chi connectivity index (χ1n) is 5.71. The second-order valence-corrected chi connectivity index (χ2v) is 5.55. The maximum atomic E-state index is 6.04. The van der Waals surface area contributed by atoms with E-state index in [-0.39, 0.29) is 6.04 Å². The van der Waals surface area contributed by atoms with E-state index in [1.807, 2.05) is 18.2 Å². The van der Waals surface area contributed by atoms with Crippen molar-refractivity contribution in [2.45, 2.75) is 18.9 Å². The van der Waals surface area contributed by atoms with E-state index in [1.165, 1.54) is 0 Å². The van der Waals surface area contributed by atoms with E-state index in [4.69, 9.17) is 22.2 Å². The van der Waals surface area contributed by atoms with Crippen molar-refractivity contribution in [1.29, 1.82) is 0 Å². The molecule has 1 aliphatic rings. The summed E-state index contributed by atoms with van der Waals surface area (Å²) in [6.07, 6.45) is 2.04. The summed E-state index contributed by atoms with van der Waals surface area (Å²) in [6, 6.07) is 5.91. The Labute approximate surface area is 115 Å². The molecule has 0 bridgehead atoms. The van der Waals surface area contributed by atoms with Crippen LogP contribution in [0.1, 0.15) is 24.4 Å². The highest BCUT2D eigenvalue weighted by molar-refractivity contribution is 9.10. The van der Waals surface area contributed by atoms with E-state index in [2.05, 4.69) is 21.4 Å². The molecule has 0 amide bonds. The Morgan fingerprint density at radius 3 is 2.76 bits per heavy atom. The number of hydrazine groups is 1. The van der Waals surface area contributed by atoms with E-state index in [9.17, 15) is 0 Å². The quantitative estimate of drug-likeness (QED) is 0.665. The molecule has 0 radical (unpaired) electrons. The average Bonchev–Trinajstić information content (AvgIpc) is 2.36. The normalized spacial score (nSPS) is 19.2. The average molecular weight is 320 g/mol. The molecule has 0 aliphatic carbocycles. The van der Waals surface area contributed by atoms with Gasteiger partial charge in [0, 0.05) is 22.7 Å². The van der Waals surface area contributed by atoms with E-state index in [0.29, 0.717) is 5.92 Å². The third kappa shape index (κ3) is 3.20. The highest BCUT2D eigenvalue weighted by atomic mass is 79.9. The van der Waals surface area contributed by atoms with Gasteiger partial charge in [0.2, 0.25) is 0 Å². The summed E-state index contributed by atoms with van der Waals surface area (Å²) in [5.41, 5.74) is 4.03. The molecule has 0 spiro atoms. The number of hydrogen-bond donors (Lipinski definition) is 2. The fraction of sp³-hybridized carbons (Fsp3) is 0.500. The molecule has 0 aromatic heterocycles. The number of benzene rings is 1. The summed E-state index contributed by atoms with van der Waals surface area (Å²) in [5.74, 6) is 6.19. The fourth-order valence-corrected chi connectivity index (χ4v) is 2.96. The van der Waals surface area contributed by atoms with Crippen molar-refractivity contribution in [3.8, 4) is 0 Å². The van der Waals surface area contributed by atoms with Crippen LogP contribution >= 0.6 is 27.5 Å². The van der Waals surface area contributed by atoms with Crippen LogP contribution in [-0.4, -0.2) is 13.2 Å². The highest BCUT2D eigenvalue weighted by Crippen LogP contribution is 2.34. The van der Waals surface area contributed by atoms with E-state index < -0.39 is 0 Å². The van der Waals surface area contributed by atoms with Gasteiger partial charge in [-0.05, 0) is 42.5 Å². The van der Waals surface area contributed by atoms with Gasteiger partial charge in [-0.2, -0.15) is 0 Å². The van der Waals surface area contributed by atoms with Crippen LogP contribution in [0.25, 0.3) is 0 Å². The van der Waals surface area contributed by atoms with Gasteiger partial charge < -0.3 is 4.74 Å². The Hall–Kier alpha value is -0.130. The first kappa shape index (κ1) is 13.3. The Balaban J connectivity index is 2.24. The summed E-state index contributed by atoms with van der Waals surface area (Å²) in [6.45, 7) is 1.61. The number of nitrogens with one attached hydrogen (secondary N) is 1. The molecule has 17 heavy (non-hydrogen) atoms. The predicted octanol–water partition coefficient (Wildman–Crippen LogP) is 3.03. The second kappa shape index (κ2) is 6.16. The van der Waals surface area contributed by atoms with Crippen molar-refractivity contribution in [1.82, 2.24) is 5.43 Å². The minimum absolute atomic E-state index is 0.118. The summed E-state index contributed by atoms with van der Waals surface area (Å²) in [5, 5.41) is 0.732. The molecule has 1 unspecified atom stereocenters. The van der Waals surface area contributed by atoms with Crippen LogP contribution in [0.5, 0.6) is 0 Å². The minimum Gasteiger partial charge on any atom is -0.381 e. The van der Waals surface area contributed by atoms with Crippen LogP contribution < -0.4 is 11.3 Å². The first-order valence-corrected chi connectivity index (χ1v) is 6.88. The number of rotatable bonds is 3. The van der Waals surface area contributed by atoms with Crippen LogP contribution in [0.4, 0.5) is 0 Å². The molecule has 1 atom stereocenters. The van der Waals surface area contributed by atoms with Gasteiger partial charge in [-0.15, -0.1) is 0 Å². The molecule has 1 heterocycles. The summed E-state index contributed by atoms with van der Waals surface area (Å²) in [4.78, 5) is 0. The Morgan fingerprint density at radius 1 is 1.41 bits per heavy atom. The van der Waals surface area contributed by atoms with Crippen LogP contribution in [0.2, 0.25) is 5.02 Å². The van der Waals surface area contributed by atoms with Crippen molar-refractivity contribution in [2.75, 3.05) is 13.2 Å². The fourth-order valence-electron chi connectivity index (χ4n) is 2.28. The second-order valence-electron chi connectivity index (χ2n) is 4.26. The number of hydrogen-bond acceptors (Lipinski definition) is 3. The zero-order valence-corrected chi connectivity index (χ0v) is 11.8. The Morgan fingerprint density at radius 2 is 2.12 bits per heavy atom. The maximum absolute atomic E-state index is 6.04. The van der Waals surface area contributed by atoms with E-state index in [0.717, 1.165) is 41.1 Å². The molecule has 1 fully saturated rings. The standard InChI is InChI=1S/C12H16BrClN2O/c13-11-2-1-9(14)7-10(11)12(16-15)8-3-5-17-6-4-8/h1-2,7-8,12,16H,3-6,15H2. The minimum atomic E-state index is 0.118. The molecule has 3 nitrogen and oxygen atoms in total. The lowest BCUT2D eigenvalue weighted by atomic mass is 9.87. The summed E-state index contributed by atoms with van der Waals surface area (Å²) >= 11 is 9.60. The third-order valence-corrected chi connectivity index (χ3v) is 4.17. The van der Waals surface area contributed by atoms with Gasteiger partial charge in [0.15, 0.2) is 0 Å². The third-order valence-electron chi connectivity index (χ3n) is 3.21.